The van der Waals surface area contributed by atoms with E-state index in [1.54, 1.807) is 40.7 Å². The molecule has 6 nitrogen and oxygen atoms in total. The minimum absolute atomic E-state index is 0.0111. The molecule has 0 spiro atoms. The van der Waals surface area contributed by atoms with Crippen molar-refractivity contribution in [2.75, 3.05) is 45.8 Å². The normalized spacial score (nSPS) is 20.4. The van der Waals surface area contributed by atoms with Gasteiger partial charge in [0, 0.05) is 45.3 Å². The van der Waals surface area contributed by atoms with E-state index in [2.05, 4.69) is 11.8 Å². The molecular weight excluding hydrogens is 374 g/mol. The molecule has 0 unspecified atom stereocenters. The van der Waals surface area contributed by atoms with E-state index < -0.39 is 10.0 Å². The highest BCUT2D eigenvalue weighted by Crippen LogP contribution is 2.21. The van der Waals surface area contributed by atoms with Crippen LogP contribution in [0.25, 0.3) is 6.08 Å². The van der Waals surface area contributed by atoms with E-state index in [4.69, 9.17) is 0 Å². The van der Waals surface area contributed by atoms with Gasteiger partial charge in [-0.1, -0.05) is 31.9 Å². The number of benzene rings is 1. The Balaban J connectivity index is 1.61. The molecule has 7 heteroatoms. The fourth-order valence-electron chi connectivity index (χ4n) is 3.74. The van der Waals surface area contributed by atoms with Crippen LogP contribution in [0.5, 0.6) is 0 Å². The van der Waals surface area contributed by atoms with Crippen molar-refractivity contribution in [3.8, 4) is 0 Å². The van der Waals surface area contributed by atoms with Gasteiger partial charge in [-0.05, 0) is 43.2 Å². The van der Waals surface area contributed by atoms with Crippen molar-refractivity contribution >= 4 is 22.0 Å². The number of nitrogens with zero attached hydrogens (tertiary/aromatic N) is 3. The van der Waals surface area contributed by atoms with E-state index in [0.29, 0.717) is 18.0 Å². The van der Waals surface area contributed by atoms with Gasteiger partial charge < -0.3 is 9.80 Å². The summed E-state index contributed by atoms with van der Waals surface area (Å²) in [5, 5.41) is 0. The predicted molar refractivity (Wildman–Crippen MR) is 111 cm³/mol. The molecule has 0 aromatic heterocycles. The van der Waals surface area contributed by atoms with Gasteiger partial charge in [0.05, 0.1) is 4.90 Å². The molecule has 2 heterocycles. The Morgan fingerprint density at radius 1 is 0.929 bits per heavy atom. The number of amides is 1. The summed E-state index contributed by atoms with van der Waals surface area (Å²) in [5.74, 6) is 0.0111. The van der Waals surface area contributed by atoms with Crippen molar-refractivity contribution in [1.29, 1.82) is 0 Å². The fourth-order valence-corrected chi connectivity index (χ4v) is 5.26. The Bertz CT molecular complexity index is 774. The average molecular weight is 406 g/mol. The number of piperazine rings is 1. The molecule has 0 N–H and O–H groups in total. The van der Waals surface area contributed by atoms with E-state index in [0.717, 1.165) is 64.0 Å². The molecule has 0 atom stereocenters. The predicted octanol–water partition coefficient (Wildman–Crippen LogP) is 2.43. The van der Waals surface area contributed by atoms with Gasteiger partial charge in [-0.25, -0.2) is 8.42 Å². The third kappa shape index (κ3) is 5.21. The molecule has 0 saturated carbocycles. The maximum absolute atomic E-state index is 12.8. The van der Waals surface area contributed by atoms with Crippen LogP contribution in [0.15, 0.2) is 35.2 Å². The van der Waals surface area contributed by atoms with Gasteiger partial charge in [0.15, 0.2) is 0 Å². The average Bonchev–Trinajstić information content (AvgIpc) is 3.02. The number of hydrogen-bond donors (Lipinski definition) is 0. The lowest BCUT2D eigenvalue weighted by atomic mass is 10.2. The zero-order valence-electron chi connectivity index (χ0n) is 16.7. The molecular formula is C21H31N3O3S. The van der Waals surface area contributed by atoms with Crippen LogP contribution in [-0.2, 0) is 14.8 Å². The number of hydrogen-bond acceptors (Lipinski definition) is 4. The van der Waals surface area contributed by atoms with Crippen LogP contribution in [0.4, 0.5) is 0 Å². The second-order valence-corrected chi connectivity index (χ2v) is 9.42. The molecule has 154 valence electrons. The molecule has 28 heavy (non-hydrogen) atoms. The summed E-state index contributed by atoms with van der Waals surface area (Å²) in [7, 11) is -3.43. The molecule has 2 aliphatic rings. The molecule has 3 rings (SSSR count). The molecule has 1 amide bonds. The summed E-state index contributed by atoms with van der Waals surface area (Å²) in [5.41, 5.74) is 0.829. The monoisotopic (exact) mass is 405 g/mol. The topological polar surface area (TPSA) is 60.9 Å². The van der Waals surface area contributed by atoms with Crippen LogP contribution >= 0.6 is 0 Å². The fraction of sp³-hybridized carbons (Fsp3) is 0.571. The van der Waals surface area contributed by atoms with E-state index in [-0.39, 0.29) is 5.91 Å². The van der Waals surface area contributed by atoms with Gasteiger partial charge in [0.1, 0.15) is 0 Å². The highest BCUT2D eigenvalue weighted by molar-refractivity contribution is 7.89. The number of likely N-dealkylation sites (N-methyl/N-ethyl adjacent to an activating group) is 1. The highest BCUT2D eigenvalue weighted by Gasteiger charge is 2.24. The third-order valence-corrected chi connectivity index (χ3v) is 7.55. The molecule has 0 aliphatic carbocycles. The van der Waals surface area contributed by atoms with Crippen LogP contribution < -0.4 is 0 Å². The lowest BCUT2D eigenvalue weighted by Crippen LogP contribution is -2.48. The van der Waals surface area contributed by atoms with Crippen molar-refractivity contribution in [2.45, 2.75) is 37.5 Å². The first-order chi connectivity index (χ1) is 13.5. The minimum Gasteiger partial charge on any atom is -0.337 e. The summed E-state index contributed by atoms with van der Waals surface area (Å²) < 4.78 is 27.2. The number of sulfonamides is 1. The molecule has 1 aromatic carbocycles. The van der Waals surface area contributed by atoms with Gasteiger partial charge in [-0.2, -0.15) is 4.31 Å². The first-order valence-corrected chi connectivity index (χ1v) is 11.7. The van der Waals surface area contributed by atoms with Crippen molar-refractivity contribution in [3.63, 3.8) is 0 Å². The smallest absolute Gasteiger partial charge is 0.246 e. The van der Waals surface area contributed by atoms with Gasteiger partial charge in [-0.3, -0.25) is 4.79 Å². The summed E-state index contributed by atoms with van der Waals surface area (Å²) in [6.45, 7) is 7.69. The third-order valence-electron chi connectivity index (χ3n) is 5.63. The molecule has 0 radical (unpaired) electrons. The van der Waals surface area contributed by atoms with E-state index in [1.807, 2.05) is 4.90 Å². The first kappa shape index (κ1) is 21.0. The van der Waals surface area contributed by atoms with E-state index in [9.17, 15) is 13.2 Å². The second kappa shape index (κ2) is 9.67. The largest absolute Gasteiger partial charge is 0.337 e. The number of carbonyl (C=O) groups excluding carboxylic acids is 1. The van der Waals surface area contributed by atoms with Crippen molar-refractivity contribution in [2.24, 2.45) is 0 Å². The highest BCUT2D eigenvalue weighted by atomic mass is 32.2. The molecule has 2 aliphatic heterocycles. The Morgan fingerprint density at radius 3 is 2.11 bits per heavy atom. The summed E-state index contributed by atoms with van der Waals surface area (Å²) in [6, 6.07) is 6.82. The van der Waals surface area contributed by atoms with E-state index >= 15 is 0 Å². The van der Waals surface area contributed by atoms with Gasteiger partial charge in [-0.15, -0.1) is 0 Å². The summed E-state index contributed by atoms with van der Waals surface area (Å²) >= 11 is 0. The zero-order chi connectivity index (χ0) is 20.0. The van der Waals surface area contributed by atoms with Crippen LogP contribution in [0.1, 0.15) is 38.2 Å². The van der Waals surface area contributed by atoms with Crippen LogP contribution in [0, 0.1) is 0 Å². The maximum Gasteiger partial charge on any atom is 0.246 e. The number of carbonyl (C=O) groups is 1. The van der Waals surface area contributed by atoms with Crippen LogP contribution in [0.3, 0.4) is 0 Å². The van der Waals surface area contributed by atoms with Crippen LogP contribution in [-0.4, -0.2) is 74.2 Å². The lowest BCUT2D eigenvalue weighted by Gasteiger charge is -2.33. The lowest BCUT2D eigenvalue weighted by molar-refractivity contribution is -0.127. The molecule has 1 aromatic rings. The summed E-state index contributed by atoms with van der Waals surface area (Å²) in [6.07, 6.45) is 7.38. The zero-order valence-corrected chi connectivity index (χ0v) is 17.5. The van der Waals surface area contributed by atoms with Gasteiger partial charge in [0.25, 0.3) is 0 Å². The Hall–Kier alpha value is -1.70. The minimum atomic E-state index is -3.43. The van der Waals surface area contributed by atoms with Crippen molar-refractivity contribution in [3.05, 3.63) is 35.9 Å². The SMILES string of the molecule is CCN1CCN(C(=O)/C=C/c2ccc(S(=O)(=O)N3CCCCCC3)cc2)CC1. The molecule has 2 fully saturated rings. The Labute approximate surface area is 168 Å². The van der Waals surface area contributed by atoms with Crippen molar-refractivity contribution in [1.82, 2.24) is 14.1 Å². The van der Waals surface area contributed by atoms with Crippen molar-refractivity contribution < 1.29 is 13.2 Å². The quantitative estimate of drug-likeness (QED) is 0.706. The van der Waals surface area contributed by atoms with Gasteiger partial charge >= 0.3 is 0 Å². The van der Waals surface area contributed by atoms with E-state index in [1.165, 1.54) is 0 Å². The molecule has 2 saturated heterocycles. The second-order valence-electron chi connectivity index (χ2n) is 7.48. The van der Waals surface area contributed by atoms with Crippen LogP contribution in [0.2, 0.25) is 0 Å². The summed E-state index contributed by atoms with van der Waals surface area (Å²) in [4.78, 5) is 16.9. The maximum atomic E-state index is 12.8. The Kier molecular flexibility index (Phi) is 7.26. The number of rotatable bonds is 5. The van der Waals surface area contributed by atoms with Gasteiger partial charge in [0.2, 0.25) is 15.9 Å². The standard InChI is InChI=1S/C21H31N3O3S/c1-2-22-15-17-23(18-16-22)21(25)12-9-19-7-10-20(11-8-19)28(26,27)24-13-5-3-4-6-14-24/h7-12H,2-6,13-18H2,1H3/b12-9+. The Morgan fingerprint density at radius 2 is 1.54 bits per heavy atom. The molecule has 0 bridgehead atoms. The first-order valence-electron chi connectivity index (χ1n) is 10.3.